The van der Waals surface area contributed by atoms with Crippen LogP contribution in [0.5, 0.6) is 0 Å². The van der Waals surface area contributed by atoms with Crippen LogP contribution < -0.4 is 16.0 Å². The molecule has 1 fully saturated rings. The highest BCUT2D eigenvalue weighted by atomic mass is 15.2. The molecule has 0 amide bonds. The molecule has 3 N–H and O–H groups in total. The fourth-order valence-corrected chi connectivity index (χ4v) is 2.40. The van der Waals surface area contributed by atoms with Crippen molar-refractivity contribution >= 4 is 11.5 Å². The predicted molar refractivity (Wildman–Crippen MR) is 100 cm³/mol. The second-order valence-corrected chi connectivity index (χ2v) is 5.72. The quantitative estimate of drug-likeness (QED) is 0.834. The maximum atomic E-state index is 5.73. The molecular weight excluding hydrogens is 284 g/mol. The monoisotopic (exact) mass is 314 g/mol. The zero-order chi connectivity index (χ0) is 17.1. The molecule has 1 aliphatic rings. The minimum Gasteiger partial charge on any atom is -0.384 e. The number of anilines is 2. The molecular formula is C19H30N4. The average molecular weight is 314 g/mol. The first-order valence-electron chi connectivity index (χ1n) is 8.45. The summed E-state index contributed by atoms with van der Waals surface area (Å²) in [6.07, 6.45) is 6.68. The third kappa shape index (κ3) is 7.10. The van der Waals surface area contributed by atoms with Crippen LogP contribution in [0.2, 0.25) is 0 Å². The highest BCUT2D eigenvalue weighted by Gasteiger charge is 2.20. The molecule has 0 bridgehead atoms. The Balaban J connectivity index is 0.000000593. The van der Waals surface area contributed by atoms with Crippen LogP contribution in [0.4, 0.5) is 11.5 Å². The molecule has 0 aromatic carbocycles. The van der Waals surface area contributed by atoms with Crippen LogP contribution in [0, 0.1) is 11.8 Å². The number of unbranched alkanes of at least 4 members (excludes halogenated alkanes) is 1. The Bertz CT molecular complexity index is 540. The van der Waals surface area contributed by atoms with E-state index in [2.05, 4.69) is 47.5 Å². The summed E-state index contributed by atoms with van der Waals surface area (Å²) in [4.78, 5) is 6.35. The molecule has 1 aromatic heterocycles. The Hall–Kier alpha value is -2.15. The summed E-state index contributed by atoms with van der Waals surface area (Å²) in [5.74, 6) is 6.37. The van der Waals surface area contributed by atoms with Gasteiger partial charge in [0.2, 0.25) is 0 Å². The van der Waals surface area contributed by atoms with Crippen molar-refractivity contribution in [2.24, 2.45) is 0 Å². The van der Waals surface area contributed by atoms with Gasteiger partial charge in [0.1, 0.15) is 5.82 Å². The number of nitrogen functional groups attached to an aromatic ring is 1. The minimum absolute atomic E-state index is 0.386. The summed E-state index contributed by atoms with van der Waals surface area (Å²) in [5, 5.41) is 3.38. The molecule has 1 saturated heterocycles. The highest BCUT2D eigenvalue weighted by Crippen LogP contribution is 2.21. The lowest BCUT2D eigenvalue weighted by Gasteiger charge is -2.35. The van der Waals surface area contributed by atoms with E-state index in [1.807, 2.05) is 19.1 Å². The van der Waals surface area contributed by atoms with Crippen LogP contribution >= 0.6 is 0 Å². The number of piperidine rings is 1. The Labute approximate surface area is 141 Å². The number of allylic oxidation sites excluding steroid dienone is 1. The molecule has 4 nitrogen and oxygen atoms in total. The van der Waals surface area contributed by atoms with Gasteiger partial charge in [0.15, 0.2) is 0 Å². The van der Waals surface area contributed by atoms with Gasteiger partial charge < -0.3 is 16.0 Å². The summed E-state index contributed by atoms with van der Waals surface area (Å²) in [5.41, 5.74) is 7.66. The summed E-state index contributed by atoms with van der Waals surface area (Å²) in [6, 6.07) is 4.30. The second-order valence-electron chi connectivity index (χ2n) is 5.72. The molecule has 23 heavy (non-hydrogen) atoms. The van der Waals surface area contributed by atoms with Crippen molar-refractivity contribution in [3.8, 4) is 11.8 Å². The molecule has 1 aromatic rings. The second kappa shape index (κ2) is 10.6. The van der Waals surface area contributed by atoms with Crippen LogP contribution in [0.25, 0.3) is 0 Å². The molecule has 4 heteroatoms. The van der Waals surface area contributed by atoms with Crippen LogP contribution in [-0.4, -0.2) is 24.1 Å². The smallest absolute Gasteiger partial charge is 0.125 e. The molecule has 1 aliphatic heterocycles. The van der Waals surface area contributed by atoms with Crippen molar-refractivity contribution in [2.75, 3.05) is 23.7 Å². The van der Waals surface area contributed by atoms with Crippen molar-refractivity contribution in [1.82, 2.24) is 10.3 Å². The molecule has 1 atom stereocenters. The van der Waals surface area contributed by atoms with Crippen LogP contribution in [0.1, 0.15) is 46.5 Å². The highest BCUT2D eigenvalue weighted by molar-refractivity contribution is 5.52. The van der Waals surface area contributed by atoms with Crippen molar-refractivity contribution in [3.05, 3.63) is 30.6 Å². The van der Waals surface area contributed by atoms with E-state index in [-0.39, 0.29) is 0 Å². The van der Waals surface area contributed by atoms with Gasteiger partial charge in [0, 0.05) is 37.1 Å². The number of nitrogens with two attached hydrogens (primary N) is 1. The Morgan fingerprint density at radius 1 is 1.48 bits per heavy atom. The Kier molecular flexibility index (Phi) is 8.67. The van der Waals surface area contributed by atoms with Crippen LogP contribution in [0.15, 0.2) is 30.6 Å². The largest absolute Gasteiger partial charge is 0.384 e. The Morgan fingerprint density at radius 3 is 2.83 bits per heavy atom. The maximum absolute atomic E-state index is 5.73. The van der Waals surface area contributed by atoms with E-state index in [4.69, 9.17) is 5.73 Å². The molecule has 0 aliphatic carbocycles. The van der Waals surface area contributed by atoms with Crippen molar-refractivity contribution in [1.29, 1.82) is 0 Å². The molecule has 126 valence electrons. The molecule has 0 radical (unpaired) electrons. The topological polar surface area (TPSA) is 54.2 Å². The lowest BCUT2D eigenvalue weighted by Crippen LogP contribution is -2.45. The number of rotatable bonds is 4. The van der Waals surface area contributed by atoms with Gasteiger partial charge in [0.25, 0.3) is 0 Å². The number of nitrogens with one attached hydrogen (secondary N) is 1. The number of hydrogen-bond acceptors (Lipinski definition) is 4. The van der Waals surface area contributed by atoms with Crippen molar-refractivity contribution < 1.29 is 0 Å². The SMILES string of the molecule is C=C(C#CC)NC1CCCN(c2ccnc(N)c2)C1.CCCC. The maximum Gasteiger partial charge on any atom is 0.125 e. The van der Waals surface area contributed by atoms with E-state index in [0.717, 1.165) is 37.3 Å². The van der Waals surface area contributed by atoms with Gasteiger partial charge in [-0.3, -0.25) is 0 Å². The van der Waals surface area contributed by atoms with Gasteiger partial charge >= 0.3 is 0 Å². The van der Waals surface area contributed by atoms with Crippen molar-refractivity contribution in [2.45, 2.75) is 52.5 Å². The lowest BCUT2D eigenvalue weighted by molar-refractivity contribution is 0.457. The van der Waals surface area contributed by atoms with Gasteiger partial charge in [-0.1, -0.05) is 45.1 Å². The van der Waals surface area contributed by atoms with Gasteiger partial charge in [-0.15, -0.1) is 0 Å². The van der Waals surface area contributed by atoms with Crippen LogP contribution in [0.3, 0.4) is 0 Å². The van der Waals surface area contributed by atoms with E-state index in [1.54, 1.807) is 6.20 Å². The van der Waals surface area contributed by atoms with Crippen LogP contribution in [-0.2, 0) is 0 Å². The minimum atomic E-state index is 0.386. The fraction of sp³-hybridized carbons (Fsp3) is 0.526. The first kappa shape index (κ1) is 18.9. The number of hydrogen-bond donors (Lipinski definition) is 2. The summed E-state index contributed by atoms with van der Waals surface area (Å²) < 4.78 is 0. The van der Waals surface area contributed by atoms with Gasteiger partial charge in [-0.25, -0.2) is 4.98 Å². The summed E-state index contributed by atoms with van der Waals surface area (Å²) >= 11 is 0. The Morgan fingerprint density at radius 2 is 2.22 bits per heavy atom. The predicted octanol–water partition coefficient (Wildman–Crippen LogP) is 3.57. The molecule has 2 rings (SSSR count). The first-order valence-corrected chi connectivity index (χ1v) is 8.45. The fourth-order valence-electron chi connectivity index (χ4n) is 2.40. The van der Waals surface area contributed by atoms with E-state index in [0.29, 0.717) is 11.9 Å². The lowest BCUT2D eigenvalue weighted by atomic mass is 10.0. The van der Waals surface area contributed by atoms with Gasteiger partial charge in [-0.05, 0) is 25.8 Å². The van der Waals surface area contributed by atoms with Crippen molar-refractivity contribution in [3.63, 3.8) is 0 Å². The molecule has 2 heterocycles. The number of nitrogens with zero attached hydrogens (tertiary/aromatic N) is 2. The molecule has 0 spiro atoms. The van der Waals surface area contributed by atoms with E-state index >= 15 is 0 Å². The summed E-state index contributed by atoms with van der Waals surface area (Å²) in [6.45, 7) is 12.1. The zero-order valence-electron chi connectivity index (χ0n) is 14.7. The average Bonchev–Trinajstić information content (AvgIpc) is 2.55. The first-order chi connectivity index (χ1) is 11.1. The standard InChI is InChI=1S/C15H20N4.C4H10/c1-3-5-12(2)18-13-6-4-9-19(11-13)14-7-8-17-15(16)10-14;1-3-4-2/h7-8,10,13,18H,2,4,6,9,11H2,1H3,(H2,16,17);3-4H2,1-2H3. The molecule has 1 unspecified atom stereocenters. The van der Waals surface area contributed by atoms with E-state index < -0.39 is 0 Å². The normalized spacial score (nSPS) is 16.5. The molecule has 0 saturated carbocycles. The summed E-state index contributed by atoms with van der Waals surface area (Å²) in [7, 11) is 0. The van der Waals surface area contributed by atoms with Gasteiger partial charge in [-0.2, -0.15) is 0 Å². The van der Waals surface area contributed by atoms with E-state index in [9.17, 15) is 0 Å². The van der Waals surface area contributed by atoms with Gasteiger partial charge in [0.05, 0.1) is 5.70 Å². The number of pyridine rings is 1. The third-order valence-electron chi connectivity index (χ3n) is 3.71. The zero-order valence-corrected chi connectivity index (χ0v) is 14.7. The number of aromatic nitrogens is 1. The third-order valence-corrected chi connectivity index (χ3v) is 3.71. The van der Waals surface area contributed by atoms with E-state index in [1.165, 1.54) is 12.8 Å².